The first-order chi connectivity index (χ1) is 3.31. The first-order valence-corrected chi connectivity index (χ1v) is 1.80. The van der Waals surface area contributed by atoms with Gasteiger partial charge in [-0.15, -0.1) is 6.58 Å². The molecule has 0 aromatic carbocycles. The van der Waals surface area contributed by atoms with Crippen LogP contribution in [0.15, 0.2) is 12.7 Å². The quantitative estimate of drug-likeness (QED) is 0.303. The molecule has 1 radical (unpaired) electrons. The maximum atomic E-state index is 9.92. The summed E-state index contributed by atoms with van der Waals surface area (Å²) in [5, 5.41) is 7.69. The Morgan fingerprint density at radius 1 is 2.00 bits per heavy atom. The zero-order chi connectivity index (χ0) is 5.70. The maximum absolute atomic E-state index is 9.92. The molecule has 0 aromatic rings. The Balaban J connectivity index is 3.17. The van der Waals surface area contributed by atoms with Crippen LogP contribution in [0.1, 0.15) is 6.42 Å². The zero-order valence-electron chi connectivity index (χ0n) is 3.79. The monoisotopic (exact) mass is 100 g/mol. The van der Waals surface area contributed by atoms with Gasteiger partial charge in [-0.05, 0) is 0 Å². The van der Waals surface area contributed by atoms with E-state index in [9.17, 15) is 4.79 Å². The molecule has 0 atom stereocenters. The number of carbonyl (C=O) groups excluding carboxylic acids is 1. The predicted octanol–water partition coefficient (Wildman–Crippen LogP) is 0.0827. The molecule has 0 spiro atoms. The highest BCUT2D eigenvalue weighted by Crippen LogP contribution is 1.76. The molecular formula is C4H6NO2. The molecule has 0 saturated heterocycles. The van der Waals surface area contributed by atoms with Crippen molar-refractivity contribution >= 4 is 5.91 Å². The van der Waals surface area contributed by atoms with Crippen LogP contribution in [0.5, 0.6) is 0 Å². The summed E-state index contributed by atoms with van der Waals surface area (Å²) >= 11 is 0. The van der Waals surface area contributed by atoms with Crippen molar-refractivity contribution < 1.29 is 10.0 Å². The Kier molecular flexibility index (Phi) is 2.96. The van der Waals surface area contributed by atoms with Crippen molar-refractivity contribution in [3.8, 4) is 0 Å². The Morgan fingerprint density at radius 2 is 2.57 bits per heavy atom. The first kappa shape index (κ1) is 6.17. The van der Waals surface area contributed by atoms with E-state index < -0.39 is 5.91 Å². The average Bonchev–Trinajstić information content (AvgIpc) is 1.68. The summed E-state index contributed by atoms with van der Waals surface area (Å²) in [4.78, 5) is 9.92. The molecule has 39 valence electrons. The molecule has 3 nitrogen and oxygen atoms in total. The third kappa shape index (κ3) is 2.99. The van der Waals surface area contributed by atoms with Crippen LogP contribution in [0.25, 0.3) is 0 Å². The van der Waals surface area contributed by atoms with Crippen molar-refractivity contribution in [2.75, 3.05) is 0 Å². The highest BCUT2D eigenvalue weighted by Gasteiger charge is 1.92. The smallest absolute Gasteiger partial charge is 0.270 e. The van der Waals surface area contributed by atoms with E-state index in [1.54, 1.807) is 0 Å². The van der Waals surface area contributed by atoms with Gasteiger partial charge in [-0.1, -0.05) is 11.6 Å². The van der Waals surface area contributed by atoms with Crippen molar-refractivity contribution in [3.05, 3.63) is 12.7 Å². The van der Waals surface area contributed by atoms with Gasteiger partial charge in [0.2, 0.25) is 0 Å². The van der Waals surface area contributed by atoms with Gasteiger partial charge in [0.1, 0.15) is 0 Å². The van der Waals surface area contributed by atoms with Gasteiger partial charge in [0, 0.05) is 6.42 Å². The highest BCUT2D eigenvalue weighted by atomic mass is 16.5. The second kappa shape index (κ2) is 3.36. The van der Waals surface area contributed by atoms with E-state index in [-0.39, 0.29) is 6.42 Å². The Labute approximate surface area is 41.6 Å². The van der Waals surface area contributed by atoms with Gasteiger partial charge in [-0.25, -0.2) is 0 Å². The van der Waals surface area contributed by atoms with Crippen molar-refractivity contribution in [1.82, 2.24) is 5.48 Å². The number of hydrogen-bond donors (Lipinski definition) is 1. The Bertz CT molecular complexity index is 79.8. The lowest BCUT2D eigenvalue weighted by Gasteiger charge is -1.82. The minimum Gasteiger partial charge on any atom is -0.270 e. The van der Waals surface area contributed by atoms with Crippen molar-refractivity contribution in [2.45, 2.75) is 6.42 Å². The molecule has 0 aliphatic heterocycles. The van der Waals surface area contributed by atoms with Crippen molar-refractivity contribution in [3.63, 3.8) is 0 Å². The first-order valence-electron chi connectivity index (χ1n) is 1.80. The van der Waals surface area contributed by atoms with Crippen LogP contribution in [0.4, 0.5) is 0 Å². The van der Waals surface area contributed by atoms with Crippen molar-refractivity contribution in [2.24, 2.45) is 0 Å². The second-order valence-electron chi connectivity index (χ2n) is 0.987. The van der Waals surface area contributed by atoms with Gasteiger partial charge < -0.3 is 0 Å². The molecule has 0 unspecified atom stereocenters. The van der Waals surface area contributed by atoms with E-state index in [1.165, 1.54) is 6.08 Å². The van der Waals surface area contributed by atoms with E-state index in [1.807, 2.05) is 0 Å². The van der Waals surface area contributed by atoms with E-state index in [2.05, 4.69) is 12.1 Å². The van der Waals surface area contributed by atoms with Gasteiger partial charge in [-0.2, -0.15) is 0 Å². The van der Waals surface area contributed by atoms with Crippen LogP contribution in [0.2, 0.25) is 0 Å². The Hall–Kier alpha value is -0.830. The summed E-state index contributed by atoms with van der Waals surface area (Å²) in [6.07, 6.45) is 1.48. The minimum absolute atomic E-state index is 0.108. The van der Waals surface area contributed by atoms with Crippen LogP contribution in [-0.2, 0) is 4.79 Å². The maximum Gasteiger partial charge on any atom is 0.273 e. The molecule has 3 heteroatoms. The van der Waals surface area contributed by atoms with E-state index in [0.29, 0.717) is 0 Å². The van der Waals surface area contributed by atoms with Gasteiger partial charge >= 0.3 is 0 Å². The Morgan fingerprint density at radius 3 is 2.71 bits per heavy atom. The molecule has 0 saturated carbocycles. The highest BCUT2D eigenvalue weighted by molar-refractivity contribution is 5.75. The standard InChI is InChI=1S/C4H6NO2/c1-2-3-4(6)5-7/h2,7H,1,3H2. The molecule has 0 aromatic heterocycles. The van der Waals surface area contributed by atoms with Gasteiger partial charge in [0.25, 0.3) is 5.91 Å². The molecule has 1 amide bonds. The minimum atomic E-state index is -0.560. The lowest BCUT2D eigenvalue weighted by Crippen LogP contribution is -2.08. The molecular weight excluding hydrogens is 94.0 g/mol. The normalized spacial score (nSPS) is 7.57. The van der Waals surface area contributed by atoms with E-state index in [0.717, 1.165) is 0 Å². The summed E-state index contributed by atoms with van der Waals surface area (Å²) in [6, 6.07) is 0. The molecule has 1 N–H and O–H groups in total. The van der Waals surface area contributed by atoms with Crippen LogP contribution in [0, 0.1) is 0 Å². The van der Waals surface area contributed by atoms with Crippen LogP contribution in [-0.4, -0.2) is 11.1 Å². The number of hydroxylamine groups is 1. The molecule has 7 heavy (non-hydrogen) atoms. The number of rotatable bonds is 2. The molecule has 0 aliphatic carbocycles. The number of amides is 1. The fourth-order valence-electron chi connectivity index (χ4n) is 0.164. The predicted molar refractivity (Wildman–Crippen MR) is 23.7 cm³/mol. The summed E-state index contributed by atoms with van der Waals surface area (Å²) in [5.74, 6) is -0.560. The van der Waals surface area contributed by atoms with Crippen LogP contribution >= 0.6 is 0 Å². The summed E-state index contributed by atoms with van der Waals surface area (Å²) in [5.41, 5.74) is 2.37. The van der Waals surface area contributed by atoms with E-state index in [4.69, 9.17) is 5.21 Å². The van der Waals surface area contributed by atoms with Crippen molar-refractivity contribution in [1.29, 1.82) is 0 Å². The largest absolute Gasteiger partial charge is 0.273 e. The topological polar surface area (TPSA) is 51.4 Å². The molecule has 0 rings (SSSR count). The summed E-state index contributed by atoms with van der Waals surface area (Å²) < 4.78 is 0. The van der Waals surface area contributed by atoms with Crippen LogP contribution < -0.4 is 5.48 Å². The van der Waals surface area contributed by atoms with Gasteiger partial charge in [0.15, 0.2) is 0 Å². The fourth-order valence-corrected chi connectivity index (χ4v) is 0.164. The third-order valence-electron chi connectivity index (χ3n) is 0.430. The zero-order valence-corrected chi connectivity index (χ0v) is 3.79. The lowest BCUT2D eigenvalue weighted by molar-refractivity contribution is -0.129. The number of carbonyl (C=O) groups is 1. The number of hydrogen-bond acceptors (Lipinski definition) is 2. The molecule has 0 heterocycles. The molecule has 0 bridgehead atoms. The van der Waals surface area contributed by atoms with Crippen LogP contribution in [0.3, 0.4) is 0 Å². The van der Waals surface area contributed by atoms with Gasteiger partial charge in [-0.3, -0.25) is 10.0 Å². The van der Waals surface area contributed by atoms with Gasteiger partial charge in [0.05, 0.1) is 0 Å². The summed E-state index contributed by atoms with van der Waals surface area (Å²) in [7, 11) is 0. The number of nitrogens with zero attached hydrogens (tertiary/aromatic N) is 1. The molecule has 0 aliphatic rings. The second-order valence-corrected chi connectivity index (χ2v) is 0.987. The lowest BCUT2D eigenvalue weighted by atomic mass is 10.4. The summed E-state index contributed by atoms with van der Waals surface area (Å²) in [6.45, 7) is 3.26. The molecule has 0 fully saturated rings. The SMILES string of the molecule is C=CCC(=O)[N]O. The fraction of sp³-hybridized carbons (Fsp3) is 0.250. The van der Waals surface area contributed by atoms with E-state index >= 15 is 0 Å². The average molecular weight is 100 g/mol. The third-order valence-corrected chi connectivity index (χ3v) is 0.430.